The third-order valence-electron chi connectivity index (χ3n) is 4.30. The molecule has 1 atom stereocenters. The Hall–Kier alpha value is -2.01. The molecular weight excluding hydrogens is 382 g/mol. The Morgan fingerprint density at radius 1 is 1.42 bits per heavy atom. The van der Waals surface area contributed by atoms with Gasteiger partial charge in [0.2, 0.25) is 10.0 Å². The molecule has 1 aromatic carbocycles. The monoisotopic (exact) mass is 399 g/mol. The molecule has 11 heteroatoms. The molecule has 1 unspecified atom stereocenters. The normalized spacial score (nSPS) is 18.8. The Morgan fingerprint density at radius 2 is 2.15 bits per heavy atom. The van der Waals surface area contributed by atoms with Gasteiger partial charge in [-0.3, -0.25) is 10.1 Å². The van der Waals surface area contributed by atoms with E-state index < -0.39 is 26.7 Å². The number of nitrogens with zero attached hydrogens (tertiary/aromatic N) is 4. The average Bonchev–Trinajstić information content (AvgIpc) is 3.02. The lowest BCUT2D eigenvalue weighted by molar-refractivity contribution is -0.385. The van der Waals surface area contributed by atoms with Crippen LogP contribution in [0.15, 0.2) is 29.4 Å². The van der Waals surface area contributed by atoms with Gasteiger partial charge >= 0.3 is 0 Å². The molecule has 1 fully saturated rings. The zero-order valence-electron chi connectivity index (χ0n) is 14.2. The number of nitro benzene ring substituents is 1. The van der Waals surface area contributed by atoms with Crippen LogP contribution >= 0.6 is 11.6 Å². The summed E-state index contributed by atoms with van der Waals surface area (Å²) in [6, 6.07) is 2.08. The standard InChI is InChI=1S/C15H18ClN5O4S/c1-10-7-11(21(22)23)14(16)13(8-10)26(24,25)20-6-3-17-9-12(20)15-18-4-5-19(15)2/h4-5,7-8,12,17H,3,6,9H2,1-2H3. The van der Waals surface area contributed by atoms with Crippen molar-refractivity contribution in [3.05, 3.63) is 51.1 Å². The van der Waals surface area contributed by atoms with Crippen LogP contribution in [-0.4, -0.2) is 46.8 Å². The van der Waals surface area contributed by atoms with Crippen LogP contribution in [-0.2, 0) is 17.1 Å². The van der Waals surface area contributed by atoms with Crippen LogP contribution in [0.1, 0.15) is 17.4 Å². The van der Waals surface area contributed by atoms with E-state index in [1.54, 1.807) is 30.9 Å². The van der Waals surface area contributed by atoms with Gasteiger partial charge in [0.05, 0.1) is 11.0 Å². The van der Waals surface area contributed by atoms with Crippen molar-refractivity contribution in [2.75, 3.05) is 19.6 Å². The van der Waals surface area contributed by atoms with E-state index in [-0.39, 0.29) is 16.5 Å². The van der Waals surface area contributed by atoms with E-state index in [1.165, 1.54) is 16.4 Å². The van der Waals surface area contributed by atoms with Gasteiger partial charge < -0.3 is 9.88 Å². The molecule has 1 aliphatic rings. The Labute approximate surface area is 155 Å². The second-order valence-corrected chi connectivity index (χ2v) is 8.32. The van der Waals surface area contributed by atoms with Crippen molar-refractivity contribution < 1.29 is 13.3 Å². The summed E-state index contributed by atoms with van der Waals surface area (Å²) in [6.45, 7) is 2.65. The Balaban J connectivity index is 2.12. The Morgan fingerprint density at radius 3 is 2.77 bits per heavy atom. The molecule has 0 aliphatic carbocycles. The first-order valence-electron chi connectivity index (χ1n) is 7.88. The maximum atomic E-state index is 13.3. The van der Waals surface area contributed by atoms with Gasteiger partial charge in [-0.15, -0.1) is 0 Å². The number of nitro groups is 1. The van der Waals surface area contributed by atoms with E-state index in [0.29, 0.717) is 24.5 Å². The first-order valence-corrected chi connectivity index (χ1v) is 9.69. The number of piperazine rings is 1. The van der Waals surface area contributed by atoms with Crippen molar-refractivity contribution in [2.24, 2.45) is 7.05 Å². The van der Waals surface area contributed by atoms with E-state index in [1.807, 2.05) is 0 Å². The van der Waals surface area contributed by atoms with Crippen LogP contribution in [0.2, 0.25) is 5.02 Å². The molecule has 1 saturated heterocycles. The molecule has 1 aromatic heterocycles. The van der Waals surface area contributed by atoms with Crippen LogP contribution in [0.4, 0.5) is 5.69 Å². The number of rotatable bonds is 4. The molecule has 0 amide bonds. The number of imidazole rings is 1. The highest BCUT2D eigenvalue weighted by Gasteiger charge is 2.38. The summed E-state index contributed by atoms with van der Waals surface area (Å²) in [7, 11) is -2.28. The van der Waals surface area contributed by atoms with Gasteiger partial charge in [-0.2, -0.15) is 4.31 Å². The van der Waals surface area contributed by atoms with Crippen LogP contribution < -0.4 is 5.32 Å². The molecule has 26 heavy (non-hydrogen) atoms. The Kier molecular flexibility index (Phi) is 5.02. The van der Waals surface area contributed by atoms with Crippen LogP contribution in [0, 0.1) is 17.0 Å². The van der Waals surface area contributed by atoms with Gasteiger partial charge in [0, 0.05) is 45.1 Å². The lowest BCUT2D eigenvalue weighted by atomic mass is 10.2. The molecule has 3 rings (SSSR count). The molecular formula is C15H18ClN5O4S. The lowest BCUT2D eigenvalue weighted by Crippen LogP contribution is -2.49. The number of aromatic nitrogens is 2. The number of sulfonamides is 1. The number of halogens is 1. The third kappa shape index (κ3) is 3.20. The van der Waals surface area contributed by atoms with Crippen LogP contribution in [0.25, 0.3) is 0 Å². The lowest BCUT2D eigenvalue weighted by Gasteiger charge is -2.34. The van der Waals surface area contributed by atoms with E-state index >= 15 is 0 Å². The highest BCUT2D eigenvalue weighted by atomic mass is 35.5. The van der Waals surface area contributed by atoms with E-state index in [9.17, 15) is 18.5 Å². The quantitative estimate of drug-likeness (QED) is 0.617. The fraction of sp³-hybridized carbons (Fsp3) is 0.400. The summed E-state index contributed by atoms with van der Waals surface area (Å²) in [5, 5.41) is 14.0. The van der Waals surface area contributed by atoms with Gasteiger partial charge in [0.15, 0.2) is 0 Å². The average molecular weight is 400 g/mol. The van der Waals surface area contributed by atoms with Gasteiger partial charge in [-0.1, -0.05) is 11.6 Å². The molecule has 0 saturated carbocycles. The number of nitrogens with one attached hydrogen (secondary N) is 1. The summed E-state index contributed by atoms with van der Waals surface area (Å²) in [5.74, 6) is 0.582. The second-order valence-electron chi connectivity index (χ2n) is 6.09. The summed E-state index contributed by atoms with van der Waals surface area (Å²) >= 11 is 6.10. The first kappa shape index (κ1) is 18.8. The predicted molar refractivity (Wildman–Crippen MR) is 95.6 cm³/mol. The maximum absolute atomic E-state index is 13.3. The van der Waals surface area contributed by atoms with Crippen molar-refractivity contribution in [2.45, 2.75) is 17.9 Å². The smallest absolute Gasteiger partial charge is 0.289 e. The highest BCUT2D eigenvalue weighted by molar-refractivity contribution is 7.89. The Bertz CT molecular complexity index is 959. The zero-order chi connectivity index (χ0) is 19.1. The van der Waals surface area contributed by atoms with Gasteiger partial charge in [-0.25, -0.2) is 13.4 Å². The largest absolute Gasteiger partial charge is 0.337 e. The molecule has 2 aromatic rings. The van der Waals surface area contributed by atoms with Crippen molar-refractivity contribution >= 4 is 27.3 Å². The third-order valence-corrected chi connectivity index (χ3v) is 6.74. The molecule has 1 aliphatic heterocycles. The summed E-state index contributed by atoms with van der Waals surface area (Å²) in [5.41, 5.74) is 0.0252. The minimum atomic E-state index is -4.06. The first-order chi connectivity index (χ1) is 12.2. The summed E-state index contributed by atoms with van der Waals surface area (Å²) < 4.78 is 29.7. The summed E-state index contributed by atoms with van der Waals surface area (Å²) in [6.07, 6.45) is 3.33. The van der Waals surface area contributed by atoms with E-state index in [0.717, 1.165) is 0 Å². The predicted octanol–water partition coefficient (Wildman–Crippen LogP) is 1.63. The minimum Gasteiger partial charge on any atom is -0.337 e. The molecule has 0 bridgehead atoms. The number of benzene rings is 1. The SMILES string of the molecule is Cc1cc([N+](=O)[O-])c(Cl)c(S(=O)(=O)N2CCNCC2c2nccn2C)c1. The molecule has 2 heterocycles. The topological polar surface area (TPSA) is 110 Å². The van der Waals surface area contributed by atoms with Crippen LogP contribution in [0.5, 0.6) is 0 Å². The van der Waals surface area contributed by atoms with Gasteiger partial charge in [0.1, 0.15) is 15.7 Å². The molecule has 0 spiro atoms. The van der Waals surface area contributed by atoms with Crippen LogP contribution in [0.3, 0.4) is 0 Å². The van der Waals surface area contributed by atoms with Crippen molar-refractivity contribution in [3.63, 3.8) is 0 Å². The fourth-order valence-electron chi connectivity index (χ4n) is 3.06. The van der Waals surface area contributed by atoms with Crippen molar-refractivity contribution in [1.29, 1.82) is 0 Å². The second kappa shape index (κ2) is 6.95. The molecule has 1 N–H and O–H groups in total. The van der Waals surface area contributed by atoms with E-state index in [2.05, 4.69) is 10.3 Å². The van der Waals surface area contributed by atoms with E-state index in [4.69, 9.17) is 11.6 Å². The van der Waals surface area contributed by atoms with Crippen molar-refractivity contribution in [3.8, 4) is 0 Å². The molecule has 140 valence electrons. The fourth-order valence-corrected chi connectivity index (χ4v) is 5.28. The van der Waals surface area contributed by atoms with Gasteiger partial charge in [-0.05, 0) is 18.6 Å². The van der Waals surface area contributed by atoms with Gasteiger partial charge in [0.25, 0.3) is 5.69 Å². The number of aryl methyl sites for hydroxylation is 2. The maximum Gasteiger partial charge on any atom is 0.289 e. The number of hydrogen-bond donors (Lipinski definition) is 1. The molecule has 0 radical (unpaired) electrons. The molecule has 9 nitrogen and oxygen atoms in total. The van der Waals surface area contributed by atoms with Crippen molar-refractivity contribution in [1.82, 2.24) is 19.2 Å². The number of hydrogen-bond acceptors (Lipinski definition) is 6. The summed E-state index contributed by atoms with van der Waals surface area (Å²) in [4.78, 5) is 14.5. The minimum absolute atomic E-state index is 0.206. The zero-order valence-corrected chi connectivity index (χ0v) is 15.8. The highest BCUT2D eigenvalue weighted by Crippen LogP contribution is 2.36.